The highest BCUT2D eigenvalue weighted by atomic mass is 16.4. The van der Waals surface area contributed by atoms with Gasteiger partial charge in [-0.15, -0.1) is 0 Å². The van der Waals surface area contributed by atoms with E-state index < -0.39 is 5.97 Å². The zero-order valence-corrected chi connectivity index (χ0v) is 11.0. The minimum absolute atomic E-state index is 0.484. The van der Waals surface area contributed by atoms with Crippen molar-refractivity contribution in [3.05, 3.63) is 11.6 Å². The van der Waals surface area contributed by atoms with Crippen molar-refractivity contribution in [3.8, 4) is 0 Å². The van der Waals surface area contributed by atoms with Crippen LogP contribution in [0, 0.1) is 28.6 Å². The van der Waals surface area contributed by atoms with Gasteiger partial charge in [-0.1, -0.05) is 19.9 Å². The zero-order chi connectivity index (χ0) is 12.4. The molecule has 94 valence electrons. The molecule has 0 saturated heterocycles. The van der Waals surface area contributed by atoms with Gasteiger partial charge in [-0.05, 0) is 61.2 Å². The van der Waals surface area contributed by atoms with Crippen LogP contribution in [0.4, 0.5) is 0 Å². The zero-order valence-electron chi connectivity index (χ0n) is 11.0. The van der Waals surface area contributed by atoms with Crippen molar-refractivity contribution in [2.75, 3.05) is 0 Å². The van der Waals surface area contributed by atoms with Crippen LogP contribution in [-0.2, 0) is 4.79 Å². The van der Waals surface area contributed by atoms with Crippen LogP contribution in [0.1, 0.15) is 46.5 Å². The molecule has 0 aliphatic heterocycles. The third-order valence-electron chi connectivity index (χ3n) is 6.58. The molecule has 4 bridgehead atoms. The molecule has 0 spiro atoms. The lowest BCUT2D eigenvalue weighted by atomic mass is 9.71. The molecule has 0 aromatic carbocycles. The van der Waals surface area contributed by atoms with E-state index in [1.165, 1.54) is 19.3 Å². The Hall–Kier alpha value is -0.790. The van der Waals surface area contributed by atoms with Crippen LogP contribution < -0.4 is 0 Å². The van der Waals surface area contributed by atoms with Crippen LogP contribution in [-0.4, -0.2) is 11.1 Å². The molecule has 0 aromatic heterocycles. The molecule has 2 heteroatoms. The maximum Gasteiger partial charge on any atom is 0.330 e. The third kappa shape index (κ3) is 1.19. The molecule has 4 aliphatic rings. The summed E-state index contributed by atoms with van der Waals surface area (Å²) >= 11 is 0. The quantitative estimate of drug-likeness (QED) is 0.756. The van der Waals surface area contributed by atoms with Crippen molar-refractivity contribution in [3.63, 3.8) is 0 Å². The van der Waals surface area contributed by atoms with Crippen LogP contribution in [0.15, 0.2) is 11.6 Å². The number of rotatable bonds is 4. The molecule has 0 radical (unpaired) electrons. The van der Waals surface area contributed by atoms with Crippen molar-refractivity contribution >= 4 is 5.97 Å². The first-order valence-corrected chi connectivity index (χ1v) is 6.81. The monoisotopic (exact) mass is 234 g/mol. The van der Waals surface area contributed by atoms with E-state index in [1.54, 1.807) is 6.92 Å². The van der Waals surface area contributed by atoms with Crippen LogP contribution in [0.2, 0.25) is 0 Å². The molecule has 5 atom stereocenters. The average Bonchev–Trinajstić information content (AvgIpc) is 2.64. The highest BCUT2D eigenvalue weighted by molar-refractivity contribution is 5.85. The molecule has 17 heavy (non-hydrogen) atoms. The fourth-order valence-corrected chi connectivity index (χ4v) is 5.18. The van der Waals surface area contributed by atoms with E-state index in [-0.39, 0.29) is 0 Å². The highest BCUT2D eigenvalue weighted by Crippen LogP contribution is 2.87. The Kier molecular flexibility index (Phi) is 2.10. The van der Waals surface area contributed by atoms with Crippen molar-refractivity contribution < 1.29 is 9.90 Å². The van der Waals surface area contributed by atoms with Gasteiger partial charge >= 0.3 is 5.97 Å². The second kappa shape index (κ2) is 3.15. The molecule has 2 nitrogen and oxygen atoms in total. The van der Waals surface area contributed by atoms with Crippen LogP contribution in [0.25, 0.3) is 0 Å². The molecule has 0 amide bonds. The lowest BCUT2D eigenvalue weighted by Gasteiger charge is -2.34. The highest BCUT2D eigenvalue weighted by Gasteiger charge is 2.80. The average molecular weight is 234 g/mol. The predicted molar refractivity (Wildman–Crippen MR) is 66.5 cm³/mol. The SMILES string of the molecule is C/C(=C\CC[C@]1(C)C2C[C@@H]3[C@H](C2)C31C)C(=O)O. The van der Waals surface area contributed by atoms with E-state index in [0.717, 1.165) is 24.2 Å². The molecule has 2 unspecified atom stereocenters. The minimum atomic E-state index is -0.776. The summed E-state index contributed by atoms with van der Waals surface area (Å²) in [6.45, 7) is 6.62. The summed E-state index contributed by atoms with van der Waals surface area (Å²) in [5, 5.41) is 8.84. The number of hydrogen-bond acceptors (Lipinski definition) is 1. The summed E-state index contributed by atoms with van der Waals surface area (Å²) in [4.78, 5) is 10.7. The van der Waals surface area contributed by atoms with Gasteiger partial charge in [-0.3, -0.25) is 0 Å². The van der Waals surface area contributed by atoms with Crippen LogP contribution in [0.3, 0.4) is 0 Å². The lowest BCUT2D eigenvalue weighted by molar-refractivity contribution is -0.132. The molecule has 4 fully saturated rings. The van der Waals surface area contributed by atoms with Crippen molar-refractivity contribution in [1.82, 2.24) is 0 Å². The van der Waals surface area contributed by atoms with Crippen molar-refractivity contribution in [1.29, 1.82) is 0 Å². The van der Waals surface area contributed by atoms with Crippen LogP contribution in [0.5, 0.6) is 0 Å². The maximum atomic E-state index is 10.7. The first-order valence-electron chi connectivity index (χ1n) is 6.81. The Labute approximate surface area is 103 Å². The van der Waals surface area contributed by atoms with Crippen molar-refractivity contribution in [2.45, 2.75) is 46.5 Å². The van der Waals surface area contributed by atoms with Gasteiger partial charge in [0.15, 0.2) is 0 Å². The molecule has 1 N–H and O–H groups in total. The molecule has 4 rings (SSSR count). The summed E-state index contributed by atoms with van der Waals surface area (Å²) < 4.78 is 0. The number of carbonyl (C=O) groups is 1. The first-order chi connectivity index (χ1) is 7.91. The number of carboxylic acids is 1. The van der Waals surface area contributed by atoms with Gasteiger partial charge in [-0.2, -0.15) is 0 Å². The van der Waals surface area contributed by atoms with E-state index >= 15 is 0 Å². The maximum absolute atomic E-state index is 10.7. The van der Waals surface area contributed by atoms with Gasteiger partial charge in [-0.25, -0.2) is 4.79 Å². The summed E-state index contributed by atoms with van der Waals surface area (Å²) in [6, 6.07) is 0. The molecular formula is C15H22O2. The van der Waals surface area contributed by atoms with Gasteiger partial charge in [0.1, 0.15) is 0 Å². The van der Waals surface area contributed by atoms with E-state index in [0.29, 0.717) is 16.4 Å². The third-order valence-corrected chi connectivity index (χ3v) is 6.58. The van der Waals surface area contributed by atoms with Gasteiger partial charge in [0.2, 0.25) is 0 Å². The Bertz CT molecular complexity index is 397. The molecule has 4 aliphatic carbocycles. The summed E-state index contributed by atoms with van der Waals surface area (Å²) in [5.41, 5.74) is 1.58. The lowest BCUT2D eigenvalue weighted by Crippen LogP contribution is -2.26. The Morgan fingerprint density at radius 1 is 1.35 bits per heavy atom. The fraction of sp³-hybridized carbons (Fsp3) is 0.800. The second-order valence-corrected chi connectivity index (χ2v) is 6.81. The molecule has 0 aromatic rings. The van der Waals surface area contributed by atoms with Gasteiger partial charge in [0.25, 0.3) is 0 Å². The normalized spacial score (nSPS) is 50.8. The van der Waals surface area contributed by atoms with Gasteiger partial charge < -0.3 is 5.11 Å². The summed E-state index contributed by atoms with van der Waals surface area (Å²) in [7, 11) is 0. The Balaban J connectivity index is 1.67. The van der Waals surface area contributed by atoms with Crippen molar-refractivity contribution in [2.24, 2.45) is 28.6 Å². The second-order valence-electron chi connectivity index (χ2n) is 6.81. The number of aliphatic carboxylic acids is 1. The predicted octanol–water partition coefficient (Wildman–Crippen LogP) is 3.48. The van der Waals surface area contributed by atoms with E-state index in [1.807, 2.05) is 6.08 Å². The summed E-state index contributed by atoms with van der Waals surface area (Å²) in [5.74, 6) is 2.14. The number of hydrogen-bond donors (Lipinski definition) is 1. The minimum Gasteiger partial charge on any atom is -0.478 e. The Morgan fingerprint density at radius 3 is 2.35 bits per heavy atom. The van der Waals surface area contributed by atoms with Gasteiger partial charge in [0, 0.05) is 5.57 Å². The van der Waals surface area contributed by atoms with E-state index in [2.05, 4.69) is 13.8 Å². The largest absolute Gasteiger partial charge is 0.478 e. The standard InChI is InChI=1S/C15H22O2/c1-9(13(16)17)5-4-6-14(2)10-7-11-12(8-10)15(11,14)3/h5,10-12H,4,6-8H2,1-3H3,(H,16,17)/b9-5+/t10?,11-,12+,14-,15?/m1/s1. The first kappa shape index (κ1) is 11.3. The molecule has 4 saturated carbocycles. The number of allylic oxidation sites excluding steroid dienone is 1. The van der Waals surface area contributed by atoms with Gasteiger partial charge in [0.05, 0.1) is 0 Å². The van der Waals surface area contributed by atoms with E-state index in [9.17, 15) is 4.79 Å². The molecular weight excluding hydrogens is 212 g/mol. The molecule has 0 heterocycles. The smallest absolute Gasteiger partial charge is 0.330 e. The number of carboxylic acid groups (broad SMARTS) is 1. The van der Waals surface area contributed by atoms with Crippen LogP contribution >= 0.6 is 0 Å². The summed E-state index contributed by atoms with van der Waals surface area (Å²) in [6.07, 6.45) is 6.90. The topological polar surface area (TPSA) is 37.3 Å². The fourth-order valence-electron chi connectivity index (χ4n) is 5.18. The Morgan fingerprint density at radius 2 is 1.94 bits per heavy atom. The van der Waals surface area contributed by atoms with E-state index in [4.69, 9.17) is 5.11 Å².